The number of halogens is 2. The smallest absolute Gasteiger partial charge is 0.259 e. The molecule has 1 aromatic heterocycles. The Morgan fingerprint density at radius 1 is 1.55 bits per heavy atom. The van der Waals surface area contributed by atoms with E-state index in [0.29, 0.717) is 5.82 Å². The van der Waals surface area contributed by atoms with Crippen LogP contribution in [-0.4, -0.2) is 38.7 Å². The molecule has 0 saturated carbocycles. The molecule has 0 aliphatic carbocycles. The van der Waals surface area contributed by atoms with Crippen LogP contribution in [-0.2, 0) is 0 Å². The average Bonchev–Trinajstić information content (AvgIpc) is 3.04. The zero-order valence-electron chi connectivity index (χ0n) is 11.7. The number of carbonyl (C=O) groups excluding carboxylic acids is 1. The fraction of sp³-hybridized carbons (Fsp3) is 0.357. The largest absolute Gasteiger partial charge is 0.391 e. The highest BCUT2D eigenvalue weighted by molar-refractivity contribution is 6.33. The first-order valence-electron chi connectivity index (χ1n) is 6.70. The van der Waals surface area contributed by atoms with Crippen molar-refractivity contribution < 1.29 is 18.8 Å². The Balaban J connectivity index is 1.96. The van der Waals surface area contributed by atoms with Gasteiger partial charge in [0.15, 0.2) is 5.82 Å². The summed E-state index contributed by atoms with van der Waals surface area (Å²) in [7, 11) is 0. The molecule has 3 rings (SSSR count). The van der Waals surface area contributed by atoms with Crippen LogP contribution < -0.4 is 0 Å². The van der Waals surface area contributed by atoms with E-state index in [1.165, 1.54) is 17.0 Å². The number of amides is 1. The first kappa shape index (κ1) is 14.9. The molecule has 1 aromatic carbocycles. The van der Waals surface area contributed by atoms with Crippen LogP contribution in [0.5, 0.6) is 0 Å². The number of aryl methyl sites for hydroxylation is 1. The number of likely N-dealkylation sites (tertiary alicyclic amines) is 1. The second-order valence-corrected chi connectivity index (χ2v) is 5.55. The van der Waals surface area contributed by atoms with Crippen molar-refractivity contribution in [2.75, 3.05) is 6.54 Å². The minimum atomic E-state index is -0.744. The topological polar surface area (TPSA) is 79.5 Å². The van der Waals surface area contributed by atoms with Crippen molar-refractivity contribution in [3.63, 3.8) is 0 Å². The maximum absolute atomic E-state index is 13.9. The number of carbonyl (C=O) groups is 1. The highest BCUT2D eigenvalue weighted by Gasteiger charge is 2.40. The van der Waals surface area contributed by atoms with E-state index in [1.54, 1.807) is 6.92 Å². The first-order chi connectivity index (χ1) is 10.5. The van der Waals surface area contributed by atoms with Gasteiger partial charge in [-0.25, -0.2) is 4.39 Å². The highest BCUT2D eigenvalue weighted by atomic mass is 35.5. The van der Waals surface area contributed by atoms with Crippen LogP contribution >= 0.6 is 11.6 Å². The molecular formula is C14H13ClFN3O3. The Hall–Kier alpha value is -1.99. The molecule has 2 heterocycles. The molecule has 6 nitrogen and oxygen atoms in total. The van der Waals surface area contributed by atoms with Gasteiger partial charge >= 0.3 is 0 Å². The van der Waals surface area contributed by atoms with Gasteiger partial charge in [-0.15, -0.1) is 0 Å². The van der Waals surface area contributed by atoms with Crippen LogP contribution in [0.3, 0.4) is 0 Å². The summed E-state index contributed by atoms with van der Waals surface area (Å²) in [5.41, 5.74) is -0.223. The number of aliphatic hydroxyl groups excluding tert-OH is 1. The minimum Gasteiger partial charge on any atom is -0.391 e. The summed E-state index contributed by atoms with van der Waals surface area (Å²) in [6.07, 6.45) is -0.494. The van der Waals surface area contributed by atoms with Crippen molar-refractivity contribution in [2.45, 2.75) is 25.5 Å². The highest BCUT2D eigenvalue weighted by Crippen LogP contribution is 2.34. The molecule has 1 N–H and O–H groups in total. The summed E-state index contributed by atoms with van der Waals surface area (Å²) in [5.74, 6) is -0.678. The first-order valence-corrected chi connectivity index (χ1v) is 7.08. The molecule has 2 atom stereocenters. The quantitative estimate of drug-likeness (QED) is 0.915. The summed E-state index contributed by atoms with van der Waals surface area (Å²) in [4.78, 5) is 18.0. The van der Waals surface area contributed by atoms with Gasteiger partial charge in [0.2, 0.25) is 5.89 Å². The Bertz CT molecular complexity index is 701. The van der Waals surface area contributed by atoms with E-state index in [-0.39, 0.29) is 29.4 Å². The van der Waals surface area contributed by atoms with E-state index >= 15 is 0 Å². The Labute approximate surface area is 130 Å². The lowest BCUT2D eigenvalue weighted by atomic mass is 10.1. The standard InChI is InChI=1S/C14H13ClFN3O3/c1-7-17-13(22-18-7)11-5-8(20)6-19(11)14(21)12-9(15)3-2-4-10(12)16/h2-4,8,11,20H,5-6H2,1H3/t8-,11-/m1/s1. The predicted molar refractivity (Wildman–Crippen MR) is 74.8 cm³/mol. The number of β-amino-alcohol motifs (C(OH)–C–C–N with tert-alkyl or cyclic N) is 1. The van der Waals surface area contributed by atoms with Crippen molar-refractivity contribution in [3.8, 4) is 0 Å². The Morgan fingerprint density at radius 2 is 2.32 bits per heavy atom. The molecule has 1 amide bonds. The van der Waals surface area contributed by atoms with Crippen LogP contribution in [0, 0.1) is 12.7 Å². The third kappa shape index (κ3) is 2.57. The fourth-order valence-corrected chi connectivity index (χ4v) is 2.81. The van der Waals surface area contributed by atoms with Crippen LogP contribution in [0.25, 0.3) is 0 Å². The predicted octanol–water partition coefficient (Wildman–Crippen LogP) is 2.12. The van der Waals surface area contributed by atoms with Crippen LogP contribution in [0.2, 0.25) is 5.02 Å². The monoisotopic (exact) mass is 325 g/mol. The zero-order valence-corrected chi connectivity index (χ0v) is 12.4. The second kappa shape index (κ2) is 5.66. The molecule has 0 bridgehead atoms. The zero-order chi connectivity index (χ0) is 15.9. The average molecular weight is 326 g/mol. The summed E-state index contributed by atoms with van der Waals surface area (Å²) in [6, 6.07) is 3.43. The number of aromatic nitrogens is 2. The second-order valence-electron chi connectivity index (χ2n) is 5.14. The molecule has 2 aromatic rings. The molecule has 1 saturated heterocycles. The third-order valence-corrected chi connectivity index (χ3v) is 3.86. The maximum Gasteiger partial charge on any atom is 0.259 e. The van der Waals surface area contributed by atoms with Crippen LogP contribution in [0.15, 0.2) is 22.7 Å². The SMILES string of the molecule is Cc1noc([C@H]2C[C@@H](O)CN2C(=O)c2c(F)cccc2Cl)n1. The molecular weight excluding hydrogens is 313 g/mol. The van der Waals surface area contributed by atoms with E-state index in [9.17, 15) is 14.3 Å². The Kier molecular flexibility index (Phi) is 3.84. The minimum absolute atomic E-state index is 0.0202. The van der Waals surface area contributed by atoms with Gasteiger partial charge in [-0.05, 0) is 19.1 Å². The molecule has 0 spiro atoms. The Morgan fingerprint density at radius 3 is 2.95 bits per heavy atom. The number of benzene rings is 1. The van der Waals surface area contributed by atoms with Crippen LogP contribution in [0.4, 0.5) is 4.39 Å². The number of rotatable bonds is 2. The van der Waals surface area contributed by atoms with Crippen molar-refractivity contribution in [1.29, 1.82) is 0 Å². The third-order valence-electron chi connectivity index (χ3n) is 3.54. The van der Waals surface area contributed by atoms with E-state index in [4.69, 9.17) is 16.1 Å². The van der Waals surface area contributed by atoms with Gasteiger partial charge < -0.3 is 14.5 Å². The van der Waals surface area contributed by atoms with E-state index < -0.39 is 23.9 Å². The summed E-state index contributed by atoms with van der Waals surface area (Å²) in [5, 5.41) is 13.6. The van der Waals surface area contributed by atoms with Crippen molar-refractivity contribution in [1.82, 2.24) is 15.0 Å². The van der Waals surface area contributed by atoms with Gasteiger partial charge in [-0.2, -0.15) is 4.98 Å². The number of hydrogen-bond donors (Lipinski definition) is 1. The number of hydrogen-bond acceptors (Lipinski definition) is 5. The summed E-state index contributed by atoms with van der Waals surface area (Å²) in [6.45, 7) is 1.70. The van der Waals surface area contributed by atoms with Gasteiger partial charge in [-0.3, -0.25) is 4.79 Å². The van der Waals surface area contributed by atoms with E-state index in [2.05, 4.69) is 10.1 Å². The molecule has 8 heteroatoms. The number of aliphatic hydroxyl groups is 1. The lowest BCUT2D eigenvalue weighted by Gasteiger charge is -2.22. The van der Waals surface area contributed by atoms with Gasteiger partial charge in [0.05, 0.1) is 16.7 Å². The van der Waals surface area contributed by atoms with Gasteiger partial charge in [0.25, 0.3) is 5.91 Å². The molecule has 1 fully saturated rings. The number of nitrogens with zero attached hydrogens (tertiary/aromatic N) is 3. The van der Waals surface area contributed by atoms with Crippen LogP contribution in [0.1, 0.15) is 34.5 Å². The molecule has 1 aliphatic heterocycles. The summed E-state index contributed by atoms with van der Waals surface area (Å²) < 4.78 is 19.0. The van der Waals surface area contributed by atoms with Crippen molar-refractivity contribution >= 4 is 17.5 Å². The normalized spacial score (nSPS) is 21.4. The van der Waals surface area contributed by atoms with Gasteiger partial charge in [-0.1, -0.05) is 22.8 Å². The lowest BCUT2D eigenvalue weighted by molar-refractivity contribution is 0.0689. The molecule has 22 heavy (non-hydrogen) atoms. The van der Waals surface area contributed by atoms with Gasteiger partial charge in [0.1, 0.15) is 11.9 Å². The summed E-state index contributed by atoms with van der Waals surface area (Å²) >= 11 is 5.94. The molecule has 0 unspecified atom stereocenters. The maximum atomic E-state index is 13.9. The van der Waals surface area contributed by atoms with Crippen molar-refractivity contribution in [3.05, 3.63) is 46.3 Å². The molecule has 1 aliphatic rings. The van der Waals surface area contributed by atoms with E-state index in [0.717, 1.165) is 6.07 Å². The van der Waals surface area contributed by atoms with E-state index in [1.807, 2.05) is 0 Å². The van der Waals surface area contributed by atoms with Gasteiger partial charge in [0, 0.05) is 13.0 Å². The molecule has 116 valence electrons. The molecule has 0 radical (unpaired) electrons. The van der Waals surface area contributed by atoms with Crippen molar-refractivity contribution in [2.24, 2.45) is 0 Å². The fourth-order valence-electron chi connectivity index (χ4n) is 2.57. The lowest BCUT2D eigenvalue weighted by Crippen LogP contribution is -2.32.